The standard InChI is InChI=1S/C26H28N4O5/c1-26(2,24(32)33)15-28-23(31)22-12-16(29-30(22)3)13-27-25(34)35-14-21-19-10-6-4-8-17(19)18-9-5-7-11-20(18)21/h4-12,21H,13-15H2,1-3H3,(H,27,34)(H,28,31)(H,32,33). The Bertz CT molecular complexity index is 1230. The molecule has 1 heterocycles. The van der Waals surface area contributed by atoms with Crippen LogP contribution in [0.25, 0.3) is 11.1 Å². The van der Waals surface area contributed by atoms with Crippen LogP contribution in [0.5, 0.6) is 0 Å². The first-order valence-corrected chi connectivity index (χ1v) is 11.3. The number of hydrogen-bond acceptors (Lipinski definition) is 5. The number of alkyl carbamates (subject to hydrolysis) is 1. The highest BCUT2D eigenvalue weighted by Gasteiger charge is 2.30. The lowest BCUT2D eigenvalue weighted by atomic mass is 9.94. The van der Waals surface area contributed by atoms with Gasteiger partial charge in [-0.25, -0.2) is 4.79 Å². The van der Waals surface area contributed by atoms with Gasteiger partial charge < -0.3 is 20.5 Å². The van der Waals surface area contributed by atoms with E-state index in [1.54, 1.807) is 13.1 Å². The van der Waals surface area contributed by atoms with Gasteiger partial charge in [0.2, 0.25) is 0 Å². The van der Waals surface area contributed by atoms with Gasteiger partial charge >= 0.3 is 12.1 Å². The first-order chi connectivity index (χ1) is 16.7. The Hall–Kier alpha value is -4.14. The van der Waals surface area contributed by atoms with E-state index < -0.39 is 23.4 Å². The molecule has 3 aromatic rings. The fraction of sp³-hybridized carbons (Fsp3) is 0.308. The number of amides is 2. The second-order valence-electron chi connectivity index (χ2n) is 9.20. The number of aliphatic carboxylic acids is 1. The van der Waals surface area contributed by atoms with Crippen molar-refractivity contribution in [3.63, 3.8) is 0 Å². The summed E-state index contributed by atoms with van der Waals surface area (Å²) in [5.74, 6) is -1.48. The summed E-state index contributed by atoms with van der Waals surface area (Å²) in [5, 5.41) is 18.7. The molecule has 0 saturated heterocycles. The molecule has 0 unspecified atom stereocenters. The fourth-order valence-corrected chi connectivity index (χ4v) is 4.11. The third-order valence-corrected chi connectivity index (χ3v) is 6.19. The molecule has 9 nitrogen and oxygen atoms in total. The normalized spacial score (nSPS) is 12.5. The smallest absolute Gasteiger partial charge is 0.407 e. The average Bonchev–Trinajstić information content (AvgIpc) is 3.37. The van der Waals surface area contributed by atoms with Gasteiger partial charge in [-0.1, -0.05) is 48.5 Å². The average molecular weight is 477 g/mol. The van der Waals surface area contributed by atoms with E-state index in [0.29, 0.717) is 5.69 Å². The number of carbonyl (C=O) groups excluding carboxylic acids is 2. The molecule has 0 saturated carbocycles. The van der Waals surface area contributed by atoms with Crippen molar-refractivity contribution in [2.75, 3.05) is 13.2 Å². The Morgan fingerprint density at radius 2 is 1.63 bits per heavy atom. The van der Waals surface area contributed by atoms with E-state index in [0.717, 1.165) is 22.3 Å². The first-order valence-electron chi connectivity index (χ1n) is 11.3. The number of fused-ring (bicyclic) bond motifs is 3. The molecule has 0 bridgehead atoms. The van der Waals surface area contributed by atoms with Gasteiger partial charge in [0.1, 0.15) is 12.3 Å². The van der Waals surface area contributed by atoms with E-state index in [9.17, 15) is 19.5 Å². The molecule has 0 radical (unpaired) electrons. The molecule has 182 valence electrons. The van der Waals surface area contributed by atoms with Gasteiger partial charge in [0.25, 0.3) is 5.91 Å². The van der Waals surface area contributed by atoms with Crippen LogP contribution in [0, 0.1) is 5.41 Å². The van der Waals surface area contributed by atoms with Crippen LogP contribution in [-0.2, 0) is 23.1 Å². The van der Waals surface area contributed by atoms with Crippen molar-refractivity contribution in [3.05, 3.63) is 77.1 Å². The molecule has 35 heavy (non-hydrogen) atoms. The lowest BCUT2D eigenvalue weighted by Crippen LogP contribution is -2.39. The minimum absolute atomic E-state index is 0.0281. The summed E-state index contributed by atoms with van der Waals surface area (Å²) < 4.78 is 6.91. The molecular weight excluding hydrogens is 448 g/mol. The van der Waals surface area contributed by atoms with Crippen LogP contribution in [0.1, 0.15) is 47.1 Å². The lowest BCUT2D eigenvalue weighted by Gasteiger charge is -2.19. The molecular formula is C26H28N4O5. The van der Waals surface area contributed by atoms with Gasteiger partial charge in [-0.3, -0.25) is 14.3 Å². The van der Waals surface area contributed by atoms with Gasteiger partial charge in [0.05, 0.1) is 17.7 Å². The molecule has 0 spiro atoms. The third-order valence-electron chi connectivity index (χ3n) is 6.19. The number of aromatic nitrogens is 2. The van der Waals surface area contributed by atoms with Crippen LogP contribution < -0.4 is 10.6 Å². The molecule has 1 aliphatic rings. The van der Waals surface area contributed by atoms with Crippen molar-refractivity contribution >= 4 is 18.0 Å². The van der Waals surface area contributed by atoms with E-state index in [1.165, 1.54) is 18.5 Å². The lowest BCUT2D eigenvalue weighted by molar-refractivity contribution is -0.146. The number of carboxylic acid groups (broad SMARTS) is 1. The zero-order chi connectivity index (χ0) is 25.2. The van der Waals surface area contributed by atoms with E-state index >= 15 is 0 Å². The second-order valence-corrected chi connectivity index (χ2v) is 9.20. The summed E-state index contributed by atoms with van der Waals surface area (Å²) >= 11 is 0. The number of aryl methyl sites for hydroxylation is 1. The van der Waals surface area contributed by atoms with Crippen LogP contribution in [0.4, 0.5) is 4.79 Å². The van der Waals surface area contributed by atoms with E-state index in [2.05, 4.69) is 40.0 Å². The zero-order valence-corrected chi connectivity index (χ0v) is 19.9. The molecule has 0 aliphatic heterocycles. The Balaban J connectivity index is 1.32. The van der Waals surface area contributed by atoms with Gasteiger partial charge in [0.15, 0.2) is 0 Å². The van der Waals surface area contributed by atoms with E-state index in [4.69, 9.17) is 4.74 Å². The first kappa shape index (κ1) is 24.0. The van der Waals surface area contributed by atoms with Crippen molar-refractivity contribution in [1.29, 1.82) is 0 Å². The highest BCUT2D eigenvalue weighted by atomic mass is 16.5. The summed E-state index contributed by atoms with van der Waals surface area (Å²) in [7, 11) is 1.61. The van der Waals surface area contributed by atoms with Crippen molar-refractivity contribution in [2.45, 2.75) is 26.3 Å². The number of carbonyl (C=O) groups is 3. The predicted molar refractivity (Wildman–Crippen MR) is 129 cm³/mol. The number of benzene rings is 2. The maximum Gasteiger partial charge on any atom is 0.407 e. The number of hydrogen-bond donors (Lipinski definition) is 3. The molecule has 0 fully saturated rings. The Morgan fingerprint density at radius 1 is 1.03 bits per heavy atom. The molecule has 1 aromatic heterocycles. The van der Waals surface area contributed by atoms with Crippen molar-refractivity contribution in [2.24, 2.45) is 12.5 Å². The molecule has 0 atom stereocenters. The van der Waals surface area contributed by atoms with Crippen molar-refractivity contribution in [1.82, 2.24) is 20.4 Å². The van der Waals surface area contributed by atoms with Gasteiger partial charge in [-0.05, 0) is 42.2 Å². The van der Waals surface area contributed by atoms with Gasteiger partial charge in [0, 0.05) is 19.5 Å². The monoisotopic (exact) mass is 476 g/mol. The minimum atomic E-state index is -1.09. The van der Waals surface area contributed by atoms with Crippen LogP contribution >= 0.6 is 0 Å². The minimum Gasteiger partial charge on any atom is -0.481 e. The fourth-order valence-electron chi connectivity index (χ4n) is 4.11. The Kier molecular flexibility index (Phi) is 6.59. The summed E-state index contributed by atoms with van der Waals surface area (Å²) in [6.45, 7) is 3.32. The highest BCUT2D eigenvalue weighted by molar-refractivity contribution is 5.93. The molecule has 2 amide bonds. The molecule has 4 rings (SSSR count). The largest absolute Gasteiger partial charge is 0.481 e. The number of ether oxygens (including phenoxy) is 1. The maximum atomic E-state index is 12.5. The van der Waals surface area contributed by atoms with E-state index in [-0.39, 0.29) is 31.3 Å². The topological polar surface area (TPSA) is 123 Å². The number of rotatable bonds is 8. The predicted octanol–water partition coefficient (Wildman–Crippen LogP) is 3.30. The molecule has 1 aliphatic carbocycles. The zero-order valence-electron chi connectivity index (χ0n) is 19.9. The van der Waals surface area contributed by atoms with Gasteiger partial charge in [-0.15, -0.1) is 0 Å². The molecule has 9 heteroatoms. The number of nitrogens with one attached hydrogen (secondary N) is 2. The van der Waals surface area contributed by atoms with Crippen LogP contribution in [0.15, 0.2) is 54.6 Å². The Morgan fingerprint density at radius 3 is 2.23 bits per heavy atom. The SMILES string of the molecule is Cn1nc(CNC(=O)OCC2c3ccccc3-c3ccccc32)cc1C(=O)NCC(C)(C)C(=O)O. The van der Waals surface area contributed by atoms with Crippen molar-refractivity contribution in [3.8, 4) is 11.1 Å². The summed E-state index contributed by atoms with van der Waals surface area (Å²) in [5.41, 5.74) is 4.22. The summed E-state index contributed by atoms with van der Waals surface area (Å²) in [6.07, 6.45) is -0.577. The quantitative estimate of drug-likeness (QED) is 0.459. The second kappa shape index (κ2) is 9.61. The number of carboxylic acids is 1. The van der Waals surface area contributed by atoms with Crippen LogP contribution in [0.3, 0.4) is 0 Å². The third kappa shape index (κ3) is 5.03. The van der Waals surface area contributed by atoms with E-state index in [1.807, 2.05) is 24.3 Å². The van der Waals surface area contributed by atoms with Crippen LogP contribution in [-0.4, -0.2) is 46.0 Å². The number of nitrogens with zero attached hydrogens (tertiary/aromatic N) is 2. The summed E-state index contributed by atoms with van der Waals surface area (Å²) in [4.78, 5) is 36.1. The summed E-state index contributed by atoms with van der Waals surface area (Å²) in [6, 6.07) is 17.8. The molecule has 3 N–H and O–H groups in total. The Labute approximate surface area is 203 Å². The van der Waals surface area contributed by atoms with Gasteiger partial charge in [-0.2, -0.15) is 5.10 Å². The molecule has 2 aromatic carbocycles. The van der Waals surface area contributed by atoms with Crippen LogP contribution in [0.2, 0.25) is 0 Å². The highest BCUT2D eigenvalue weighted by Crippen LogP contribution is 2.44. The maximum absolute atomic E-state index is 12.5. The van der Waals surface area contributed by atoms with Crippen molar-refractivity contribution < 1.29 is 24.2 Å².